The molecule has 1 heterocycles. The zero-order valence-electron chi connectivity index (χ0n) is 13.1. The Balaban J connectivity index is 2.10. The van der Waals surface area contributed by atoms with Gasteiger partial charge >= 0.3 is 5.97 Å². The third-order valence-corrected chi connectivity index (χ3v) is 3.41. The number of allylic oxidation sites excluding steroid dienone is 1. The fourth-order valence-corrected chi connectivity index (χ4v) is 2.21. The molecule has 2 rings (SSSR count). The van der Waals surface area contributed by atoms with Crippen LogP contribution in [0.2, 0.25) is 0 Å². The SMILES string of the molecule is COc1ccccc1Cn1cccc1/C=C/C(=O)CC(=O)C(=O)O. The summed E-state index contributed by atoms with van der Waals surface area (Å²) >= 11 is 0. The average molecular weight is 327 g/mol. The van der Waals surface area contributed by atoms with E-state index < -0.39 is 24.0 Å². The standard InChI is InChI=1S/C18H17NO5/c1-24-17-7-3-2-5-13(17)12-19-10-4-6-14(19)8-9-15(20)11-16(21)18(22)23/h2-10H,11-12H2,1H3,(H,22,23)/b9-8+. The summed E-state index contributed by atoms with van der Waals surface area (Å²) in [4.78, 5) is 33.1. The van der Waals surface area contributed by atoms with Gasteiger partial charge in [0, 0.05) is 17.5 Å². The second-order valence-corrected chi connectivity index (χ2v) is 5.08. The van der Waals surface area contributed by atoms with Gasteiger partial charge in [-0.05, 0) is 30.4 Å². The van der Waals surface area contributed by atoms with Crippen molar-refractivity contribution in [3.05, 3.63) is 59.9 Å². The van der Waals surface area contributed by atoms with E-state index in [2.05, 4.69) is 0 Å². The lowest BCUT2D eigenvalue weighted by atomic mass is 10.2. The van der Waals surface area contributed by atoms with Crippen LogP contribution in [0.4, 0.5) is 0 Å². The lowest BCUT2D eigenvalue weighted by molar-refractivity contribution is -0.149. The summed E-state index contributed by atoms with van der Waals surface area (Å²) in [6.07, 6.45) is 4.00. The first-order chi connectivity index (χ1) is 11.5. The van der Waals surface area contributed by atoms with Crippen molar-refractivity contribution in [1.29, 1.82) is 0 Å². The summed E-state index contributed by atoms with van der Waals surface area (Å²) < 4.78 is 7.24. The lowest BCUT2D eigenvalue weighted by Gasteiger charge is -2.10. The van der Waals surface area contributed by atoms with Crippen LogP contribution < -0.4 is 4.74 Å². The van der Waals surface area contributed by atoms with Crippen LogP contribution in [-0.2, 0) is 20.9 Å². The number of ketones is 2. The molecule has 1 aromatic heterocycles. The van der Waals surface area contributed by atoms with Crippen molar-refractivity contribution in [2.24, 2.45) is 0 Å². The van der Waals surface area contributed by atoms with E-state index >= 15 is 0 Å². The molecule has 6 heteroatoms. The molecular formula is C18H17NO5. The number of rotatable bonds is 8. The van der Waals surface area contributed by atoms with Crippen LogP contribution >= 0.6 is 0 Å². The summed E-state index contributed by atoms with van der Waals surface area (Å²) in [6.45, 7) is 0.554. The summed E-state index contributed by atoms with van der Waals surface area (Å²) in [5.41, 5.74) is 1.75. The van der Waals surface area contributed by atoms with Gasteiger partial charge in [0.2, 0.25) is 5.78 Å². The zero-order valence-corrected chi connectivity index (χ0v) is 13.1. The maximum Gasteiger partial charge on any atom is 0.372 e. The molecule has 1 aromatic carbocycles. The number of carbonyl (C=O) groups is 3. The fourth-order valence-electron chi connectivity index (χ4n) is 2.21. The fraction of sp³-hybridized carbons (Fsp3) is 0.167. The first-order valence-electron chi connectivity index (χ1n) is 7.25. The molecule has 124 valence electrons. The first-order valence-corrected chi connectivity index (χ1v) is 7.25. The summed E-state index contributed by atoms with van der Waals surface area (Å²) in [5, 5.41) is 8.50. The molecular weight excluding hydrogens is 310 g/mol. The highest BCUT2D eigenvalue weighted by Gasteiger charge is 2.14. The van der Waals surface area contributed by atoms with E-state index in [1.807, 2.05) is 47.2 Å². The normalized spacial score (nSPS) is 10.7. The van der Waals surface area contributed by atoms with Gasteiger partial charge in [-0.15, -0.1) is 0 Å². The molecule has 0 radical (unpaired) electrons. The highest BCUT2D eigenvalue weighted by molar-refractivity contribution is 6.37. The molecule has 0 unspecified atom stereocenters. The van der Waals surface area contributed by atoms with Crippen LogP contribution in [0.15, 0.2) is 48.7 Å². The minimum atomic E-state index is -1.60. The van der Waals surface area contributed by atoms with Crippen molar-refractivity contribution in [2.45, 2.75) is 13.0 Å². The predicted molar refractivity (Wildman–Crippen MR) is 87.8 cm³/mol. The number of benzene rings is 1. The van der Waals surface area contributed by atoms with Crippen molar-refractivity contribution in [3.63, 3.8) is 0 Å². The molecule has 24 heavy (non-hydrogen) atoms. The Morgan fingerprint density at radius 2 is 1.92 bits per heavy atom. The molecule has 0 aliphatic heterocycles. The molecule has 0 amide bonds. The minimum Gasteiger partial charge on any atom is -0.496 e. The number of hydrogen-bond acceptors (Lipinski definition) is 4. The van der Waals surface area contributed by atoms with E-state index in [0.717, 1.165) is 17.0 Å². The Bertz CT molecular complexity index is 788. The predicted octanol–water partition coefficient (Wildman–Crippen LogP) is 2.17. The Hall–Kier alpha value is -3.15. The smallest absolute Gasteiger partial charge is 0.372 e. The number of nitrogens with zero attached hydrogens (tertiary/aromatic N) is 1. The molecule has 0 fully saturated rings. The molecule has 0 saturated carbocycles. The Morgan fingerprint density at radius 3 is 2.62 bits per heavy atom. The average Bonchev–Trinajstić information content (AvgIpc) is 3.00. The number of carbonyl (C=O) groups excluding carboxylic acids is 2. The molecule has 0 aliphatic rings. The number of ether oxygens (including phenoxy) is 1. The Labute approximate surface area is 139 Å². The Morgan fingerprint density at radius 1 is 1.17 bits per heavy atom. The van der Waals surface area contributed by atoms with E-state index in [1.54, 1.807) is 13.2 Å². The summed E-state index contributed by atoms with van der Waals surface area (Å²) in [5.74, 6) is -2.50. The topological polar surface area (TPSA) is 85.6 Å². The van der Waals surface area contributed by atoms with Gasteiger partial charge in [-0.1, -0.05) is 18.2 Å². The molecule has 0 bridgehead atoms. The molecule has 0 atom stereocenters. The number of para-hydroxylation sites is 1. The number of carboxylic acid groups (broad SMARTS) is 1. The van der Waals surface area contributed by atoms with E-state index in [4.69, 9.17) is 9.84 Å². The van der Waals surface area contributed by atoms with Gasteiger partial charge in [-0.25, -0.2) is 4.79 Å². The summed E-state index contributed by atoms with van der Waals surface area (Å²) in [6, 6.07) is 11.3. The number of aliphatic carboxylic acids is 1. The van der Waals surface area contributed by atoms with Gasteiger partial charge < -0.3 is 14.4 Å². The van der Waals surface area contributed by atoms with Crippen LogP contribution in [0.5, 0.6) is 5.75 Å². The number of aromatic nitrogens is 1. The molecule has 0 saturated heterocycles. The third-order valence-electron chi connectivity index (χ3n) is 3.41. The number of Topliss-reactive ketones (excluding diaryl/α,β-unsaturated/α-hetero) is 1. The maximum absolute atomic E-state index is 11.6. The van der Waals surface area contributed by atoms with E-state index in [1.165, 1.54) is 6.08 Å². The minimum absolute atomic E-state index is 0.549. The molecule has 1 N–H and O–H groups in total. The Kier molecular flexibility index (Phi) is 5.68. The maximum atomic E-state index is 11.6. The number of carboxylic acids is 1. The largest absolute Gasteiger partial charge is 0.496 e. The third kappa shape index (κ3) is 4.42. The highest BCUT2D eigenvalue weighted by atomic mass is 16.5. The van der Waals surface area contributed by atoms with Gasteiger partial charge in [0.1, 0.15) is 5.75 Å². The lowest BCUT2D eigenvalue weighted by Crippen LogP contribution is -2.15. The zero-order chi connectivity index (χ0) is 17.5. The summed E-state index contributed by atoms with van der Waals surface area (Å²) in [7, 11) is 1.60. The second kappa shape index (κ2) is 7.92. The monoisotopic (exact) mass is 327 g/mol. The van der Waals surface area contributed by atoms with Crippen molar-refractivity contribution in [3.8, 4) is 5.75 Å². The van der Waals surface area contributed by atoms with Crippen LogP contribution in [0, 0.1) is 0 Å². The van der Waals surface area contributed by atoms with E-state index in [-0.39, 0.29) is 0 Å². The van der Waals surface area contributed by atoms with Crippen LogP contribution in [0.25, 0.3) is 6.08 Å². The second-order valence-electron chi connectivity index (χ2n) is 5.08. The highest BCUT2D eigenvalue weighted by Crippen LogP contribution is 2.19. The van der Waals surface area contributed by atoms with Gasteiger partial charge in [0.05, 0.1) is 20.1 Å². The molecule has 0 spiro atoms. The van der Waals surface area contributed by atoms with Crippen LogP contribution in [-0.4, -0.2) is 34.3 Å². The molecule has 2 aromatic rings. The van der Waals surface area contributed by atoms with Gasteiger partial charge in [-0.3, -0.25) is 9.59 Å². The molecule has 0 aliphatic carbocycles. The van der Waals surface area contributed by atoms with Crippen LogP contribution in [0.1, 0.15) is 17.7 Å². The van der Waals surface area contributed by atoms with Crippen molar-refractivity contribution < 1.29 is 24.2 Å². The van der Waals surface area contributed by atoms with Gasteiger partial charge in [-0.2, -0.15) is 0 Å². The van der Waals surface area contributed by atoms with Crippen molar-refractivity contribution in [1.82, 2.24) is 4.57 Å². The van der Waals surface area contributed by atoms with Crippen molar-refractivity contribution in [2.75, 3.05) is 7.11 Å². The quantitative estimate of drug-likeness (QED) is 0.456. The first kappa shape index (κ1) is 17.2. The van der Waals surface area contributed by atoms with E-state index in [9.17, 15) is 14.4 Å². The molecule has 6 nitrogen and oxygen atoms in total. The van der Waals surface area contributed by atoms with Gasteiger partial charge in [0.25, 0.3) is 0 Å². The number of methoxy groups -OCH3 is 1. The van der Waals surface area contributed by atoms with Crippen LogP contribution in [0.3, 0.4) is 0 Å². The van der Waals surface area contributed by atoms with Crippen molar-refractivity contribution >= 4 is 23.6 Å². The van der Waals surface area contributed by atoms with E-state index in [0.29, 0.717) is 6.54 Å². The number of hydrogen-bond donors (Lipinski definition) is 1. The van der Waals surface area contributed by atoms with Gasteiger partial charge in [0.15, 0.2) is 5.78 Å².